The molecule has 0 saturated carbocycles. The van der Waals surface area contributed by atoms with Crippen LogP contribution < -0.4 is 20.7 Å². The monoisotopic (exact) mass is 366 g/mol. The quantitative estimate of drug-likeness (QED) is 0.587. The van der Waals surface area contributed by atoms with Crippen molar-refractivity contribution >= 4 is 5.97 Å². The lowest BCUT2D eigenvalue weighted by molar-refractivity contribution is -0.143. The molecule has 1 aromatic heterocycles. The van der Waals surface area contributed by atoms with Crippen molar-refractivity contribution < 1.29 is 28.1 Å². The Bertz CT molecular complexity index is 937. The molecule has 0 amide bonds. The molecule has 2 heterocycles. The van der Waals surface area contributed by atoms with E-state index in [0.717, 1.165) is 10.8 Å². The number of aromatic amines is 1. The maximum absolute atomic E-state index is 13.7. The number of carbonyl (C=O) groups excluding carboxylic acids is 1. The van der Waals surface area contributed by atoms with Crippen LogP contribution in [0.1, 0.15) is 18.7 Å². The number of rotatable bonds is 6. The molecule has 0 radical (unpaired) electrons. The normalized spacial score (nSPS) is 13.5. The molecule has 0 bridgehead atoms. The highest BCUT2D eigenvalue weighted by atomic mass is 19.1. The van der Waals surface area contributed by atoms with Gasteiger partial charge in [0.2, 0.25) is 12.6 Å². The number of H-pyrrole nitrogens is 1. The fourth-order valence-electron chi connectivity index (χ4n) is 2.38. The van der Waals surface area contributed by atoms with Gasteiger partial charge in [-0.05, 0) is 12.1 Å². The zero-order valence-electron chi connectivity index (χ0n) is 13.7. The predicted octanol–water partition coefficient (Wildman–Crippen LogP) is 0.531. The van der Waals surface area contributed by atoms with Crippen molar-refractivity contribution in [3.63, 3.8) is 0 Å². The molecule has 9 nitrogen and oxygen atoms in total. The molecule has 2 aromatic rings. The van der Waals surface area contributed by atoms with Crippen LogP contribution in [0.5, 0.6) is 11.5 Å². The minimum atomic E-state index is -1.14. The Labute approximate surface area is 145 Å². The van der Waals surface area contributed by atoms with Crippen LogP contribution in [0.3, 0.4) is 0 Å². The number of halogens is 1. The van der Waals surface area contributed by atoms with Crippen LogP contribution in [0.25, 0.3) is 0 Å². The number of aromatic nitrogens is 2. The van der Waals surface area contributed by atoms with Gasteiger partial charge in [0.1, 0.15) is 6.61 Å². The van der Waals surface area contributed by atoms with Gasteiger partial charge in [-0.25, -0.2) is 4.79 Å². The van der Waals surface area contributed by atoms with E-state index in [1.54, 1.807) is 18.2 Å². The average molecular weight is 366 g/mol. The molecule has 3 rings (SSSR count). The van der Waals surface area contributed by atoms with Crippen molar-refractivity contribution in [2.24, 2.45) is 0 Å². The van der Waals surface area contributed by atoms with Gasteiger partial charge in [-0.1, -0.05) is 6.07 Å². The van der Waals surface area contributed by atoms with Crippen molar-refractivity contribution in [1.29, 1.82) is 0 Å². The number of carbonyl (C=O) groups is 1. The van der Waals surface area contributed by atoms with Gasteiger partial charge in [-0.2, -0.15) is 4.39 Å². The van der Waals surface area contributed by atoms with Gasteiger partial charge in [0.15, 0.2) is 17.7 Å². The molecule has 1 aromatic carbocycles. The van der Waals surface area contributed by atoms with E-state index in [2.05, 4.69) is 0 Å². The van der Waals surface area contributed by atoms with Crippen LogP contribution in [0, 0.1) is 5.82 Å². The van der Waals surface area contributed by atoms with Crippen LogP contribution in [0.4, 0.5) is 4.39 Å². The van der Waals surface area contributed by atoms with E-state index in [1.807, 2.05) is 4.98 Å². The SMILES string of the molecule is CC(=O)OCCOC(c1ccc2c(c1)OCO2)n1cc(F)c(=O)[nH]c1=O. The van der Waals surface area contributed by atoms with E-state index in [4.69, 9.17) is 18.9 Å². The number of nitrogens with one attached hydrogen (secondary N) is 1. The highest BCUT2D eigenvalue weighted by Gasteiger charge is 2.22. The van der Waals surface area contributed by atoms with E-state index in [0.29, 0.717) is 17.1 Å². The summed E-state index contributed by atoms with van der Waals surface area (Å²) in [7, 11) is 0. The van der Waals surface area contributed by atoms with E-state index >= 15 is 0 Å². The molecule has 0 spiro atoms. The molecule has 1 aliphatic heterocycles. The molecule has 1 unspecified atom stereocenters. The van der Waals surface area contributed by atoms with Gasteiger partial charge < -0.3 is 18.9 Å². The number of hydrogen-bond acceptors (Lipinski definition) is 7. The van der Waals surface area contributed by atoms with E-state index in [1.165, 1.54) is 6.92 Å². The molecule has 0 fully saturated rings. The summed E-state index contributed by atoms with van der Waals surface area (Å²) in [5, 5.41) is 0. The number of ether oxygens (including phenoxy) is 4. The van der Waals surface area contributed by atoms with Crippen molar-refractivity contribution in [2.75, 3.05) is 20.0 Å². The van der Waals surface area contributed by atoms with E-state index < -0.39 is 29.3 Å². The third-order valence-corrected chi connectivity index (χ3v) is 3.52. The molecule has 0 saturated heterocycles. The summed E-state index contributed by atoms with van der Waals surface area (Å²) in [5.41, 5.74) is -1.53. The first-order valence-electron chi connectivity index (χ1n) is 7.61. The minimum absolute atomic E-state index is 0.0586. The Hall–Kier alpha value is -3.14. The van der Waals surface area contributed by atoms with E-state index in [9.17, 15) is 18.8 Å². The first kappa shape index (κ1) is 17.7. The van der Waals surface area contributed by atoms with Gasteiger partial charge in [0, 0.05) is 12.5 Å². The van der Waals surface area contributed by atoms with Gasteiger partial charge in [-0.15, -0.1) is 0 Å². The highest BCUT2D eigenvalue weighted by Crippen LogP contribution is 2.35. The Balaban J connectivity index is 1.94. The summed E-state index contributed by atoms with van der Waals surface area (Å²) in [5.74, 6) is -0.666. The molecule has 138 valence electrons. The van der Waals surface area contributed by atoms with Gasteiger partial charge in [-0.3, -0.25) is 19.1 Å². The summed E-state index contributed by atoms with van der Waals surface area (Å²) in [6.07, 6.45) is -0.332. The third-order valence-electron chi connectivity index (χ3n) is 3.52. The van der Waals surface area contributed by atoms with Crippen LogP contribution in [-0.2, 0) is 14.3 Å². The molecular weight excluding hydrogens is 351 g/mol. The summed E-state index contributed by atoms with van der Waals surface area (Å²) in [4.78, 5) is 36.1. The third kappa shape index (κ3) is 3.75. The predicted molar refractivity (Wildman–Crippen MR) is 84.6 cm³/mol. The number of fused-ring (bicyclic) bond motifs is 1. The van der Waals surface area contributed by atoms with Crippen molar-refractivity contribution in [3.8, 4) is 11.5 Å². The highest BCUT2D eigenvalue weighted by molar-refractivity contribution is 5.65. The number of hydrogen-bond donors (Lipinski definition) is 1. The Morgan fingerprint density at radius 2 is 2.08 bits per heavy atom. The fourth-order valence-corrected chi connectivity index (χ4v) is 2.38. The molecule has 1 N–H and O–H groups in total. The van der Waals surface area contributed by atoms with Crippen LogP contribution >= 0.6 is 0 Å². The lowest BCUT2D eigenvalue weighted by atomic mass is 10.1. The van der Waals surface area contributed by atoms with Crippen molar-refractivity contribution in [3.05, 3.63) is 56.6 Å². The molecule has 1 aliphatic rings. The van der Waals surface area contributed by atoms with Crippen LogP contribution in [0.15, 0.2) is 34.0 Å². The Kier molecular flexibility index (Phi) is 5.03. The Morgan fingerprint density at radius 3 is 2.85 bits per heavy atom. The molecular formula is C16H15FN2O7. The topological polar surface area (TPSA) is 109 Å². The minimum Gasteiger partial charge on any atom is -0.463 e. The summed E-state index contributed by atoms with van der Waals surface area (Å²) >= 11 is 0. The van der Waals surface area contributed by atoms with Crippen LogP contribution in [0.2, 0.25) is 0 Å². The molecule has 10 heteroatoms. The zero-order valence-corrected chi connectivity index (χ0v) is 13.7. The first-order chi connectivity index (χ1) is 12.5. The summed E-state index contributed by atoms with van der Waals surface area (Å²) < 4.78 is 35.5. The Morgan fingerprint density at radius 1 is 1.31 bits per heavy atom. The zero-order chi connectivity index (χ0) is 18.7. The molecule has 1 atom stereocenters. The van der Waals surface area contributed by atoms with Crippen LogP contribution in [-0.4, -0.2) is 35.5 Å². The van der Waals surface area contributed by atoms with Gasteiger partial charge in [0.05, 0.1) is 12.8 Å². The largest absolute Gasteiger partial charge is 0.463 e. The lowest BCUT2D eigenvalue weighted by Gasteiger charge is -2.20. The van der Waals surface area contributed by atoms with E-state index in [-0.39, 0.29) is 20.0 Å². The number of esters is 1. The summed E-state index contributed by atoms with van der Waals surface area (Å²) in [6.45, 7) is 1.18. The smallest absolute Gasteiger partial charge is 0.330 e. The standard InChI is InChI=1S/C16H15FN2O7/c1-9(20)23-4-5-24-15(19-7-11(17)14(21)18-16(19)22)10-2-3-12-13(6-10)26-8-25-12/h2-3,6-7,15H,4-5,8H2,1H3,(H,18,21,22). The van der Waals surface area contributed by atoms with Crippen molar-refractivity contribution in [2.45, 2.75) is 13.2 Å². The number of nitrogens with zero attached hydrogens (tertiary/aromatic N) is 1. The van der Waals surface area contributed by atoms with Crippen molar-refractivity contribution in [1.82, 2.24) is 9.55 Å². The maximum Gasteiger partial charge on any atom is 0.330 e. The second-order valence-corrected chi connectivity index (χ2v) is 5.32. The second kappa shape index (κ2) is 7.40. The van der Waals surface area contributed by atoms with Gasteiger partial charge >= 0.3 is 11.7 Å². The summed E-state index contributed by atoms with van der Waals surface area (Å²) in [6, 6.07) is 4.81. The average Bonchev–Trinajstić information content (AvgIpc) is 3.06. The first-order valence-corrected chi connectivity index (χ1v) is 7.61. The molecule has 26 heavy (non-hydrogen) atoms. The lowest BCUT2D eigenvalue weighted by Crippen LogP contribution is -2.35. The maximum atomic E-state index is 13.7. The fraction of sp³-hybridized carbons (Fsp3) is 0.312. The molecule has 0 aliphatic carbocycles. The second-order valence-electron chi connectivity index (χ2n) is 5.32. The number of benzene rings is 1. The van der Waals surface area contributed by atoms with Gasteiger partial charge in [0.25, 0.3) is 5.56 Å².